The summed E-state index contributed by atoms with van der Waals surface area (Å²) in [5.74, 6) is -0.449. The highest BCUT2D eigenvalue weighted by Crippen LogP contribution is 2.31. The van der Waals surface area contributed by atoms with Gasteiger partial charge in [0, 0.05) is 68.1 Å². The molecule has 14 nitrogen and oxygen atoms in total. The summed E-state index contributed by atoms with van der Waals surface area (Å²) in [6, 6.07) is 36.8. The molecule has 1 aliphatic heterocycles. The number of nitrogens with zero attached hydrogens (tertiary/aromatic N) is 3. The van der Waals surface area contributed by atoms with E-state index in [-0.39, 0.29) is 25.1 Å². The van der Waals surface area contributed by atoms with E-state index in [0.717, 1.165) is 22.0 Å². The first-order valence-corrected chi connectivity index (χ1v) is 23.2. The van der Waals surface area contributed by atoms with Gasteiger partial charge >= 0.3 is 18.1 Å². The second-order valence-corrected chi connectivity index (χ2v) is 18.7. The van der Waals surface area contributed by atoms with Gasteiger partial charge in [0.25, 0.3) is 0 Å². The lowest BCUT2D eigenvalue weighted by atomic mass is 9.88. The molecule has 1 saturated heterocycles. The fourth-order valence-electron chi connectivity index (χ4n) is 8.40. The Labute approximate surface area is 393 Å². The van der Waals surface area contributed by atoms with Gasteiger partial charge in [0.05, 0.1) is 17.5 Å². The van der Waals surface area contributed by atoms with Crippen molar-refractivity contribution in [3.05, 3.63) is 161 Å². The van der Waals surface area contributed by atoms with E-state index in [0.29, 0.717) is 63.5 Å². The van der Waals surface area contributed by atoms with Gasteiger partial charge in [-0.05, 0) is 82.2 Å². The molecule has 6 aromatic rings. The predicted octanol–water partition coefficient (Wildman–Crippen LogP) is 8.49. The normalized spacial score (nSPS) is 14.3. The van der Waals surface area contributed by atoms with Crippen molar-refractivity contribution in [1.82, 2.24) is 40.7 Å². The maximum Gasteiger partial charge on any atom is 0.407 e. The van der Waals surface area contributed by atoms with Gasteiger partial charge in [0.15, 0.2) is 0 Å². The van der Waals surface area contributed by atoms with Crippen molar-refractivity contribution >= 4 is 34.9 Å². The highest BCUT2D eigenvalue weighted by molar-refractivity contribution is 5.91. The van der Waals surface area contributed by atoms with Crippen molar-refractivity contribution in [2.75, 3.05) is 32.7 Å². The lowest BCUT2D eigenvalue weighted by Gasteiger charge is -2.40. The molecule has 2 unspecified atom stereocenters. The molecule has 0 bridgehead atoms. The Balaban J connectivity index is 1.01. The number of aromatic nitrogens is 3. The van der Waals surface area contributed by atoms with E-state index >= 15 is 0 Å². The van der Waals surface area contributed by atoms with E-state index in [9.17, 15) is 19.2 Å². The molecular weight excluding hydrogens is 845 g/mol. The number of unbranched alkanes of at least 4 members (excludes halogenated alkanes) is 1. The monoisotopic (exact) mass is 908 g/mol. The number of carbonyl (C=O) groups is 4. The Hall–Kier alpha value is -6.93. The van der Waals surface area contributed by atoms with Crippen LogP contribution in [0, 0.1) is 0 Å². The molecule has 2 aromatic heterocycles. The van der Waals surface area contributed by atoms with Gasteiger partial charge < -0.3 is 40.3 Å². The second kappa shape index (κ2) is 22.0. The summed E-state index contributed by atoms with van der Waals surface area (Å²) in [6.07, 6.45) is 4.84. The summed E-state index contributed by atoms with van der Waals surface area (Å²) >= 11 is 0. The van der Waals surface area contributed by atoms with Crippen molar-refractivity contribution in [3.8, 4) is 0 Å². The first kappa shape index (κ1) is 48.0. The lowest BCUT2D eigenvalue weighted by molar-refractivity contribution is -0.159. The number of carbonyl (C=O) groups excluding carboxylic acids is 4. The topological polar surface area (TPSA) is 174 Å². The molecule has 0 spiro atoms. The van der Waals surface area contributed by atoms with Crippen LogP contribution in [0.5, 0.6) is 0 Å². The average molecular weight is 909 g/mol. The van der Waals surface area contributed by atoms with Crippen LogP contribution in [-0.4, -0.2) is 93.1 Å². The molecule has 0 radical (unpaired) electrons. The van der Waals surface area contributed by atoms with E-state index in [2.05, 4.69) is 85.4 Å². The molecular formula is C53H64N8O6. The first-order chi connectivity index (χ1) is 32.2. The van der Waals surface area contributed by atoms with E-state index in [1.54, 1.807) is 40.8 Å². The number of aromatic amines is 2. The van der Waals surface area contributed by atoms with Gasteiger partial charge in [-0.3, -0.25) is 9.69 Å². The third-order valence-electron chi connectivity index (χ3n) is 12.2. The van der Waals surface area contributed by atoms with Crippen LogP contribution in [0.3, 0.4) is 0 Å². The van der Waals surface area contributed by atoms with Crippen molar-refractivity contribution in [2.45, 2.75) is 96.1 Å². The van der Waals surface area contributed by atoms with Crippen LogP contribution >= 0.6 is 0 Å². The van der Waals surface area contributed by atoms with Gasteiger partial charge in [-0.15, -0.1) is 0 Å². The number of hydrogen-bond acceptors (Lipinski definition) is 8. The lowest BCUT2D eigenvalue weighted by Crippen LogP contribution is -2.53. The smallest absolute Gasteiger partial charge is 0.407 e. The van der Waals surface area contributed by atoms with Gasteiger partial charge in [-0.25, -0.2) is 19.4 Å². The van der Waals surface area contributed by atoms with Gasteiger partial charge in [0.1, 0.15) is 24.1 Å². The molecule has 67 heavy (non-hydrogen) atoms. The maximum atomic E-state index is 14.2. The van der Waals surface area contributed by atoms with Crippen LogP contribution in [0.2, 0.25) is 0 Å². The van der Waals surface area contributed by atoms with Crippen LogP contribution in [0.4, 0.5) is 9.59 Å². The highest BCUT2D eigenvalue weighted by Gasteiger charge is 2.37. The number of para-hydroxylation sites is 1. The zero-order valence-corrected chi connectivity index (χ0v) is 39.2. The number of rotatable bonds is 18. The van der Waals surface area contributed by atoms with Crippen LogP contribution in [0.25, 0.3) is 10.9 Å². The third kappa shape index (κ3) is 12.9. The van der Waals surface area contributed by atoms with E-state index < -0.39 is 41.1 Å². The van der Waals surface area contributed by atoms with Gasteiger partial charge in [-0.1, -0.05) is 109 Å². The van der Waals surface area contributed by atoms with Crippen molar-refractivity contribution in [1.29, 1.82) is 0 Å². The minimum Gasteiger partial charge on any atom is -0.458 e. The minimum atomic E-state index is -1.17. The SMILES string of the molecule is CC(C)(C)OC(=O)C(CCCCNC(=O)OCc1ccccc1)NC(=O)C(C)(C)c1cnc(C(Cc2c[nH]c3ccccc23)NC(=O)N2CCN(C(c3ccccc3)c3ccccc3)CC2)[nH]1. The summed E-state index contributed by atoms with van der Waals surface area (Å²) < 4.78 is 11.0. The third-order valence-corrected chi connectivity index (χ3v) is 12.2. The number of imidazole rings is 1. The molecule has 352 valence electrons. The van der Waals surface area contributed by atoms with E-state index in [1.165, 1.54) is 11.1 Å². The first-order valence-electron chi connectivity index (χ1n) is 23.2. The Morgan fingerprint density at radius 2 is 1.39 bits per heavy atom. The molecule has 1 aliphatic rings. The van der Waals surface area contributed by atoms with Crippen molar-refractivity contribution < 1.29 is 28.7 Å². The largest absolute Gasteiger partial charge is 0.458 e. The Bertz CT molecular complexity index is 2510. The maximum absolute atomic E-state index is 14.2. The number of H-pyrrole nitrogens is 2. The number of amides is 4. The van der Waals surface area contributed by atoms with Crippen LogP contribution in [-0.2, 0) is 37.5 Å². The number of piperazine rings is 1. The molecule has 1 fully saturated rings. The van der Waals surface area contributed by atoms with Gasteiger partial charge in [0.2, 0.25) is 5.91 Å². The fourth-order valence-corrected chi connectivity index (χ4v) is 8.40. The van der Waals surface area contributed by atoms with Gasteiger partial charge in [-0.2, -0.15) is 0 Å². The van der Waals surface area contributed by atoms with E-state index in [4.69, 9.17) is 14.5 Å². The van der Waals surface area contributed by atoms with Crippen LogP contribution < -0.4 is 16.0 Å². The standard InChI is InChI=1S/C53H64N8O6/c1-52(2,3)67-48(62)43(27-17-18-28-54-51(65)66-36-37-19-9-6-10-20-37)57-49(63)53(4,5)45-35-56-47(59-45)44(33-40-34-55-42-26-16-15-25-41(40)42)58-50(64)61-31-29-60(30-32-61)46(38-21-11-7-12-22-38)39-23-13-8-14-24-39/h6-16,19-26,34-35,43-44,46,55H,17-18,27-33,36H2,1-5H3,(H,54,65)(H,56,59)(H,57,63)(H,58,64). The summed E-state index contributed by atoms with van der Waals surface area (Å²) in [7, 11) is 0. The molecule has 0 saturated carbocycles. The highest BCUT2D eigenvalue weighted by atomic mass is 16.6. The Kier molecular flexibility index (Phi) is 15.8. The molecule has 5 N–H and O–H groups in total. The number of alkyl carbamates (subject to hydrolysis) is 1. The summed E-state index contributed by atoms with van der Waals surface area (Å²) in [6.45, 7) is 11.8. The molecule has 2 atom stereocenters. The summed E-state index contributed by atoms with van der Waals surface area (Å²) in [5.41, 5.74) is 3.86. The summed E-state index contributed by atoms with van der Waals surface area (Å²) in [5, 5.41) is 10.1. The molecule has 3 heterocycles. The molecule has 7 rings (SSSR count). The van der Waals surface area contributed by atoms with Crippen LogP contribution in [0.15, 0.2) is 128 Å². The predicted molar refractivity (Wildman–Crippen MR) is 259 cm³/mol. The molecule has 14 heteroatoms. The van der Waals surface area contributed by atoms with Crippen molar-refractivity contribution in [2.24, 2.45) is 0 Å². The molecule has 0 aliphatic carbocycles. The number of nitrogens with one attached hydrogen (secondary N) is 5. The van der Waals surface area contributed by atoms with Crippen LogP contribution in [0.1, 0.15) is 99.7 Å². The number of urea groups is 1. The Morgan fingerprint density at radius 1 is 0.761 bits per heavy atom. The molecule has 4 aromatic carbocycles. The van der Waals surface area contributed by atoms with E-state index in [1.807, 2.05) is 71.8 Å². The number of hydrogen-bond donors (Lipinski definition) is 5. The number of ether oxygens (including phenoxy) is 2. The summed E-state index contributed by atoms with van der Waals surface area (Å²) in [4.78, 5) is 70.1. The zero-order chi connectivity index (χ0) is 47.4. The quantitative estimate of drug-likeness (QED) is 0.0422. The van der Waals surface area contributed by atoms with Crippen molar-refractivity contribution in [3.63, 3.8) is 0 Å². The fraction of sp³-hybridized carbons (Fsp3) is 0.377. The number of esters is 1. The second-order valence-electron chi connectivity index (χ2n) is 18.7. The zero-order valence-electron chi connectivity index (χ0n) is 39.2. The average Bonchev–Trinajstić information content (AvgIpc) is 4.00. The number of fused-ring (bicyclic) bond motifs is 1. The molecule has 4 amide bonds. The number of benzene rings is 4. The Morgan fingerprint density at radius 3 is 2.04 bits per heavy atom. The minimum absolute atomic E-state index is 0.0639.